The summed E-state index contributed by atoms with van der Waals surface area (Å²) in [5.74, 6) is 0.343. The molecule has 3 heterocycles. The van der Waals surface area contributed by atoms with Crippen molar-refractivity contribution in [3.05, 3.63) is 50.4 Å². The van der Waals surface area contributed by atoms with Crippen LogP contribution in [0.3, 0.4) is 0 Å². The lowest BCUT2D eigenvalue weighted by Gasteiger charge is -2.47. The van der Waals surface area contributed by atoms with Gasteiger partial charge in [0.05, 0.1) is 23.8 Å². The van der Waals surface area contributed by atoms with Gasteiger partial charge in [-0.3, -0.25) is 9.69 Å². The van der Waals surface area contributed by atoms with Gasteiger partial charge in [-0.15, -0.1) is 11.3 Å². The molecule has 2 aliphatic rings. The number of nitrogens with zero attached hydrogens (tertiary/aromatic N) is 3. The molecule has 8 heteroatoms. The van der Waals surface area contributed by atoms with Crippen molar-refractivity contribution < 1.29 is 14.3 Å². The second-order valence-electron chi connectivity index (χ2n) is 9.10. The highest BCUT2D eigenvalue weighted by atomic mass is 35.5. The van der Waals surface area contributed by atoms with E-state index in [1.54, 1.807) is 11.3 Å². The van der Waals surface area contributed by atoms with Gasteiger partial charge in [-0.2, -0.15) is 0 Å². The van der Waals surface area contributed by atoms with Crippen molar-refractivity contribution in [1.82, 2.24) is 14.8 Å². The molecule has 1 aromatic heterocycles. The third-order valence-corrected chi connectivity index (χ3v) is 7.64. The van der Waals surface area contributed by atoms with Crippen LogP contribution < -0.4 is 0 Å². The van der Waals surface area contributed by atoms with Gasteiger partial charge in [0.2, 0.25) is 0 Å². The first kappa shape index (κ1) is 23.4. The minimum atomic E-state index is -0.279. The summed E-state index contributed by atoms with van der Waals surface area (Å²) >= 11 is 7.80. The monoisotopic (exact) mass is 475 g/mol. The Morgan fingerprint density at radius 2 is 2.00 bits per heavy atom. The topological polar surface area (TPSA) is 62.7 Å². The molecule has 0 atom stereocenters. The Labute approximate surface area is 198 Å². The van der Waals surface area contributed by atoms with Crippen LogP contribution in [0.2, 0.25) is 5.02 Å². The van der Waals surface area contributed by atoms with Crippen LogP contribution in [0.25, 0.3) is 0 Å². The number of hydrogen-bond donors (Lipinski definition) is 0. The normalized spacial score (nSPS) is 18.9. The molecule has 172 valence electrons. The summed E-state index contributed by atoms with van der Waals surface area (Å²) in [6.07, 6.45) is 3.05. The zero-order valence-corrected chi connectivity index (χ0v) is 20.3. The number of carbonyl (C=O) groups excluding carboxylic acids is 2. The number of piperidine rings is 1. The fourth-order valence-corrected chi connectivity index (χ4v) is 5.62. The number of hydrogen-bond acceptors (Lipinski definition) is 6. The van der Waals surface area contributed by atoms with Gasteiger partial charge < -0.3 is 14.4 Å². The summed E-state index contributed by atoms with van der Waals surface area (Å²) in [4.78, 5) is 32.8. The van der Waals surface area contributed by atoms with E-state index in [1.807, 2.05) is 22.4 Å². The number of carbonyl (C=O) groups is 2. The molecule has 0 unspecified atom stereocenters. The standard InChI is InChI=1S/C24H30ClN3O3S/c1-17(2)22-26-21(15-32-22)23(30)28-8-10-31-24(16-28)4-6-27(7-5-24)14-19-11-18(3-9-29)12-20(25)13-19/h9,11-13,15,17H,3-8,10,14,16H2,1-2H3. The minimum Gasteiger partial charge on any atom is -0.371 e. The van der Waals surface area contributed by atoms with E-state index in [4.69, 9.17) is 16.3 Å². The minimum absolute atomic E-state index is 0.0138. The van der Waals surface area contributed by atoms with Crippen molar-refractivity contribution in [2.45, 2.75) is 51.2 Å². The lowest BCUT2D eigenvalue weighted by Crippen LogP contribution is -2.58. The van der Waals surface area contributed by atoms with Crippen molar-refractivity contribution >= 4 is 35.1 Å². The lowest BCUT2D eigenvalue weighted by atomic mass is 9.89. The average molecular weight is 476 g/mol. The Morgan fingerprint density at radius 3 is 2.69 bits per heavy atom. The van der Waals surface area contributed by atoms with Crippen LogP contribution in [0.15, 0.2) is 23.6 Å². The number of aldehydes is 1. The molecule has 4 rings (SSSR count). The molecule has 6 nitrogen and oxygen atoms in total. The molecule has 0 saturated carbocycles. The van der Waals surface area contributed by atoms with Crippen LogP contribution in [0.5, 0.6) is 0 Å². The number of morpholine rings is 1. The third kappa shape index (κ3) is 5.39. The second kappa shape index (κ2) is 10.00. The van der Waals surface area contributed by atoms with Crippen molar-refractivity contribution in [3.63, 3.8) is 0 Å². The van der Waals surface area contributed by atoms with E-state index in [0.29, 0.717) is 42.8 Å². The Balaban J connectivity index is 1.36. The fraction of sp³-hybridized carbons (Fsp3) is 0.542. The molecule has 0 N–H and O–H groups in total. The molecule has 2 aliphatic heterocycles. The molecule has 1 aromatic carbocycles. The number of halogens is 1. The van der Waals surface area contributed by atoms with Gasteiger partial charge in [0, 0.05) is 48.9 Å². The summed E-state index contributed by atoms with van der Waals surface area (Å²) in [5, 5.41) is 3.55. The van der Waals surface area contributed by atoms with Crippen molar-refractivity contribution in [2.24, 2.45) is 0 Å². The van der Waals surface area contributed by atoms with Gasteiger partial charge in [0.15, 0.2) is 0 Å². The molecule has 1 amide bonds. The van der Waals surface area contributed by atoms with Crippen LogP contribution in [0, 0.1) is 0 Å². The molecule has 0 radical (unpaired) electrons. The van der Waals surface area contributed by atoms with Crippen LogP contribution in [0.1, 0.15) is 59.2 Å². The first-order chi connectivity index (χ1) is 15.4. The number of amides is 1. The maximum Gasteiger partial charge on any atom is 0.273 e. The van der Waals surface area contributed by atoms with Crippen molar-refractivity contribution in [2.75, 3.05) is 32.8 Å². The highest BCUT2D eigenvalue weighted by molar-refractivity contribution is 7.09. The van der Waals surface area contributed by atoms with E-state index in [-0.39, 0.29) is 11.5 Å². The van der Waals surface area contributed by atoms with E-state index in [1.165, 1.54) is 0 Å². The Kier molecular flexibility index (Phi) is 7.30. The highest BCUT2D eigenvalue weighted by Crippen LogP contribution is 2.32. The zero-order chi connectivity index (χ0) is 22.7. The van der Waals surface area contributed by atoms with Gasteiger partial charge in [-0.25, -0.2) is 4.98 Å². The first-order valence-corrected chi connectivity index (χ1v) is 12.5. The molecule has 32 heavy (non-hydrogen) atoms. The Morgan fingerprint density at radius 1 is 1.25 bits per heavy atom. The molecule has 2 aromatic rings. The van der Waals surface area contributed by atoms with Gasteiger partial charge in [0.1, 0.15) is 12.0 Å². The fourth-order valence-electron chi connectivity index (χ4n) is 4.53. The van der Waals surface area contributed by atoms with E-state index >= 15 is 0 Å². The molecule has 1 spiro atoms. The van der Waals surface area contributed by atoms with Crippen LogP contribution in [0.4, 0.5) is 0 Å². The maximum absolute atomic E-state index is 13.1. The predicted octanol–water partition coefficient (Wildman–Crippen LogP) is 4.17. The van der Waals surface area contributed by atoms with Crippen molar-refractivity contribution in [3.8, 4) is 0 Å². The predicted molar refractivity (Wildman–Crippen MR) is 127 cm³/mol. The number of rotatable bonds is 6. The zero-order valence-electron chi connectivity index (χ0n) is 18.7. The number of thiazole rings is 1. The summed E-state index contributed by atoms with van der Waals surface area (Å²) < 4.78 is 6.24. The summed E-state index contributed by atoms with van der Waals surface area (Å²) in [5.41, 5.74) is 2.35. The van der Waals surface area contributed by atoms with Crippen LogP contribution >= 0.6 is 22.9 Å². The summed E-state index contributed by atoms with van der Waals surface area (Å²) in [6, 6.07) is 5.87. The number of aromatic nitrogens is 1. The molecule has 0 bridgehead atoms. The van der Waals surface area contributed by atoms with Gasteiger partial charge in [0.25, 0.3) is 5.91 Å². The van der Waals surface area contributed by atoms with Crippen molar-refractivity contribution in [1.29, 1.82) is 0 Å². The quantitative estimate of drug-likeness (QED) is 0.587. The SMILES string of the molecule is CC(C)c1nc(C(=O)N2CCOC3(CCN(Cc4cc(Cl)cc(CC=O)c4)CC3)C2)cs1. The smallest absolute Gasteiger partial charge is 0.273 e. The molecule has 2 fully saturated rings. The Bertz CT molecular complexity index is 969. The summed E-state index contributed by atoms with van der Waals surface area (Å²) in [7, 11) is 0. The van der Waals surface area contributed by atoms with Gasteiger partial charge >= 0.3 is 0 Å². The molecule has 0 aliphatic carbocycles. The second-order valence-corrected chi connectivity index (χ2v) is 10.4. The van der Waals surface area contributed by atoms with Crippen LogP contribution in [-0.2, 0) is 22.5 Å². The van der Waals surface area contributed by atoms with Gasteiger partial charge in [-0.05, 0) is 36.1 Å². The summed E-state index contributed by atoms with van der Waals surface area (Å²) in [6.45, 7) is 8.57. The largest absolute Gasteiger partial charge is 0.371 e. The van der Waals surface area contributed by atoms with E-state index in [0.717, 1.165) is 54.9 Å². The number of benzene rings is 1. The van der Waals surface area contributed by atoms with E-state index < -0.39 is 0 Å². The highest BCUT2D eigenvalue weighted by Gasteiger charge is 2.41. The molecule has 2 saturated heterocycles. The van der Waals surface area contributed by atoms with E-state index in [2.05, 4.69) is 29.8 Å². The maximum atomic E-state index is 13.1. The average Bonchev–Trinajstić information content (AvgIpc) is 3.26. The number of ether oxygens (including phenoxy) is 1. The molecular formula is C24H30ClN3O3S. The van der Waals surface area contributed by atoms with Gasteiger partial charge in [-0.1, -0.05) is 31.5 Å². The van der Waals surface area contributed by atoms with E-state index in [9.17, 15) is 9.59 Å². The first-order valence-electron chi connectivity index (χ1n) is 11.2. The lowest BCUT2D eigenvalue weighted by molar-refractivity contribution is -0.128. The van der Waals surface area contributed by atoms with Crippen LogP contribution in [-0.4, -0.2) is 65.4 Å². The Hall–Kier alpha value is -1.80. The molecular weight excluding hydrogens is 446 g/mol. The third-order valence-electron chi connectivity index (χ3n) is 6.28. The number of likely N-dealkylation sites (tertiary alicyclic amines) is 1.